The molecule has 1 aromatic carbocycles. The van der Waals surface area contributed by atoms with Gasteiger partial charge in [-0.1, -0.05) is 19.6 Å². The number of benzene rings is 1. The summed E-state index contributed by atoms with van der Waals surface area (Å²) in [4.78, 5) is 0. The highest BCUT2D eigenvalue weighted by Gasteiger charge is 2.40. The summed E-state index contributed by atoms with van der Waals surface area (Å²) in [6, 6.07) is 3.76. The van der Waals surface area contributed by atoms with Crippen molar-refractivity contribution in [2.24, 2.45) is 0 Å². The number of hydrogen-bond acceptors (Lipinski definition) is 9. The molecule has 0 aromatic heterocycles. The van der Waals surface area contributed by atoms with Crippen LogP contribution in [-0.4, -0.2) is 79.8 Å². The van der Waals surface area contributed by atoms with Gasteiger partial charge in [-0.15, -0.1) is 0 Å². The van der Waals surface area contributed by atoms with E-state index in [1.807, 2.05) is 0 Å². The first-order valence-corrected chi connectivity index (χ1v) is 14.8. The van der Waals surface area contributed by atoms with Crippen molar-refractivity contribution >= 4 is 40.1 Å². The van der Waals surface area contributed by atoms with Gasteiger partial charge in [-0.05, 0) is 17.7 Å². The third-order valence-electron chi connectivity index (χ3n) is 3.47. The van der Waals surface area contributed by atoms with Crippen molar-refractivity contribution in [2.75, 3.05) is 38.7 Å². The molecule has 0 aliphatic heterocycles. The minimum Gasteiger partial charge on any atom is -0.497 e. The fourth-order valence-electron chi connectivity index (χ4n) is 2.49. The topological polar surface area (TPSA) is 152 Å². The average molecular weight is 479 g/mol. The molecule has 0 fully saturated rings. The maximum absolute atomic E-state index is 12.2. The van der Waals surface area contributed by atoms with Crippen LogP contribution in [0.2, 0.25) is 0 Å². The number of hydrogen-bond donors (Lipinski definition) is 0. The summed E-state index contributed by atoms with van der Waals surface area (Å²) in [7, 11) is -16.2. The molecule has 0 N–H and O–H groups in total. The van der Waals surface area contributed by atoms with Gasteiger partial charge in [0.2, 0.25) is 40.1 Å². The Hall–Kier alpha value is -1.26. The molecule has 0 heterocycles. The van der Waals surface area contributed by atoms with Crippen molar-refractivity contribution in [3.63, 3.8) is 0 Å². The molecule has 0 bridgehead atoms. The molecule has 0 saturated heterocycles. The summed E-state index contributed by atoms with van der Waals surface area (Å²) in [5.74, 6) is 0.371. The van der Waals surface area contributed by atoms with Crippen LogP contribution >= 0.6 is 0 Å². The minimum absolute atomic E-state index is 0.0500. The predicted octanol–water partition coefficient (Wildman–Crippen LogP) is -0.821. The molecule has 0 aliphatic rings. The first kappa shape index (κ1) is 24.8. The van der Waals surface area contributed by atoms with E-state index < -0.39 is 52.7 Å². The van der Waals surface area contributed by atoms with Crippen molar-refractivity contribution in [3.05, 3.63) is 29.8 Å². The SMILES string of the molecule is COc1ccc(C(CN(S(C)(=O)=O)S(C)(=O)=O)N(S(C)(=O)=O)S(C)(=O)=O)cc1. The third-order valence-corrected chi connectivity index (χ3v) is 10.3. The van der Waals surface area contributed by atoms with Crippen molar-refractivity contribution in [1.29, 1.82) is 0 Å². The van der Waals surface area contributed by atoms with Gasteiger partial charge in [-0.25, -0.2) is 33.7 Å². The van der Waals surface area contributed by atoms with Crippen LogP contribution in [0.25, 0.3) is 0 Å². The molecule has 28 heavy (non-hydrogen) atoms. The maximum atomic E-state index is 12.2. The normalized spacial score (nSPS) is 15.0. The van der Waals surface area contributed by atoms with Crippen molar-refractivity contribution in [3.8, 4) is 5.75 Å². The van der Waals surface area contributed by atoms with Crippen LogP contribution in [0.1, 0.15) is 11.6 Å². The summed E-state index contributed by atoms with van der Waals surface area (Å²) in [6.45, 7) is -0.968. The van der Waals surface area contributed by atoms with Crippen molar-refractivity contribution in [2.45, 2.75) is 6.04 Å². The van der Waals surface area contributed by atoms with E-state index in [9.17, 15) is 33.7 Å². The fourth-order valence-corrected chi connectivity index (χ4v) is 8.55. The van der Waals surface area contributed by atoms with E-state index in [0.717, 1.165) is 0 Å². The van der Waals surface area contributed by atoms with Gasteiger partial charge in [-0.2, -0.15) is 0 Å². The first-order valence-electron chi connectivity index (χ1n) is 7.40. The third kappa shape index (κ3) is 6.38. The largest absolute Gasteiger partial charge is 0.497 e. The maximum Gasteiger partial charge on any atom is 0.224 e. The quantitative estimate of drug-likeness (QED) is 0.443. The zero-order valence-electron chi connectivity index (χ0n) is 15.8. The van der Waals surface area contributed by atoms with Crippen LogP contribution in [0, 0.1) is 0 Å². The number of sulfonamides is 4. The average Bonchev–Trinajstić information content (AvgIpc) is 2.46. The number of ether oxygens (including phenoxy) is 1. The molecule has 11 nitrogen and oxygen atoms in total. The van der Waals surface area contributed by atoms with Gasteiger partial charge in [0.1, 0.15) is 5.75 Å². The Morgan fingerprint density at radius 1 is 0.750 bits per heavy atom. The second-order valence-electron chi connectivity index (χ2n) is 6.02. The predicted molar refractivity (Wildman–Crippen MR) is 104 cm³/mol. The van der Waals surface area contributed by atoms with Gasteiger partial charge >= 0.3 is 0 Å². The zero-order valence-corrected chi connectivity index (χ0v) is 19.1. The van der Waals surface area contributed by atoms with Gasteiger partial charge in [0, 0.05) is 0 Å². The minimum atomic E-state index is -4.42. The van der Waals surface area contributed by atoms with Gasteiger partial charge in [0.15, 0.2) is 0 Å². The van der Waals surface area contributed by atoms with Crippen LogP contribution in [0.15, 0.2) is 24.3 Å². The van der Waals surface area contributed by atoms with Crippen LogP contribution < -0.4 is 4.74 Å². The van der Waals surface area contributed by atoms with Gasteiger partial charge in [0.25, 0.3) is 0 Å². The number of nitrogens with zero attached hydrogens (tertiary/aromatic N) is 2. The van der Waals surface area contributed by atoms with Crippen LogP contribution in [-0.2, 0) is 40.1 Å². The molecule has 0 saturated carbocycles. The molecular formula is C13H22N2O9S4. The second-order valence-corrected chi connectivity index (χ2v) is 14.0. The number of methoxy groups -OCH3 is 1. The Bertz CT molecular complexity index is 1060. The molecule has 15 heteroatoms. The Balaban J connectivity index is 3.76. The zero-order chi connectivity index (χ0) is 22.1. The molecule has 1 rings (SSSR count). The van der Waals surface area contributed by atoms with Crippen LogP contribution in [0.5, 0.6) is 5.75 Å². The van der Waals surface area contributed by atoms with E-state index in [2.05, 4.69) is 0 Å². The Labute approximate surface area is 166 Å². The highest BCUT2D eigenvalue weighted by molar-refractivity contribution is 8.04. The monoisotopic (exact) mass is 478 g/mol. The van der Waals surface area contributed by atoms with Crippen molar-refractivity contribution < 1.29 is 38.4 Å². The smallest absolute Gasteiger partial charge is 0.224 e. The summed E-state index contributed by atoms with van der Waals surface area (Å²) < 4.78 is 102. The lowest BCUT2D eigenvalue weighted by Gasteiger charge is -2.31. The molecule has 0 aliphatic carbocycles. The molecule has 0 amide bonds. The molecule has 0 spiro atoms. The molecule has 1 unspecified atom stereocenters. The molecular weight excluding hydrogens is 456 g/mol. The van der Waals surface area contributed by atoms with E-state index >= 15 is 0 Å². The van der Waals surface area contributed by atoms with Crippen molar-refractivity contribution in [1.82, 2.24) is 7.42 Å². The Morgan fingerprint density at radius 2 is 1.14 bits per heavy atom. The lowest BCUT2D eigenvalue weighted by molar-refractivity contribution is 0.387. The van der Waals surface area contributed by atoms with E-state index in [1.165, 1.54) is 31.4 Å². The second kappa shape index (κ2) is 8.23. The Morgan fingerprint density at radius 3 is 1.43 bits per heavy atom. The summed E-state index contributed by atoms with van der Waals surface area (Å²) in [5, 5.41) is 0. The van der Waals surface area contributed by atoms with Gasteiger partial charge < -0.3 is 4.74 Å². The van der Waals surface area contributed by atoms with E-state index in [1.54, 1.807) is 0 Å². The molecule has 1 atom stereocenters. The van der Waals surface area contributed by atoms with Gasteiger partial charge in [0.05, 0.1) is 44.7 Å². The fraction of sp³-hybridized carbons (Fsp3) is 0.538. The lowest BCUT2D eigenvalue weighted by Crippen LogP contribution is -2.46. The lowest BCUT2D eigenvalue weighted by atomic mass is 10.1. The molecule has 162 valence electrons. The molecule has 0 radical (unpaired) electrons. The van der Waals surface area contributed by atoms with Crippen LogP contribution in [0.3, 0.4) is 0 Å². The summed E-state index contributed by atoms with van der Waals surface area (Å²) in [6.07, 6.45) is 2.47. The number of rotatable bonds is 9. The highest BCUT2D eigenvalue weighted by atomic mass is 32.3. The molecule has 1 aromatic rings. The Kier molecular flexibility index (Phi) is 7.29. The highest BCUT2D eigenvalue weighted by Crippen LogP contribution is 2.30. The first-order chi connectivity index (χ1) is 12.4. The van der Waals surface area contributed by atoms with Crippen LogP contribution in [0.4, 0.5) is 0 Å². The van der Waals surface area contributed by atoms with E-state index in [4.69, 9.17) is 4.74 Å². The standard InChI is InChI=1S/C13H22N2O9S4/c1-24-12-8-6-11(7-9-12)13(15(27(4,20)21)28(5,22)23)10-14(25(2,16)17)26(3,18)19/h6-9,13H,10H2,1-5H3. The summed E-state index contributed by atoms with van der Waals surface area (Å²) in [5.41, 5.74) is 0.0500. The summed E-state index contributed by atoms with van der Waals surface area (Å²) >= 11 is 0. The van der Waals surface area contributed by atoms with Gasteiger partial charge in [-0.3, -0.25) is 0 Å². The van der Waals surface area contributed by atoms with E-state index in [-0.39, 0.29) is 13.0 Å². The van der Waals surface area contributed by atoms with E-state index in [0.29, 0.717) is 30.8 Å².